The highest BCUT2D eigenvalue weighted by Gasteiger charge is 2.22. The number of nitrogens with one attached hydrogen (secondary N) is 1. The fourth-order valence-corrected chi connectivity index (χ4v) is 5.24. The van der Waals surface area contributed by atoms with E-state index in [4.69, 9.17) is 0 Å². The number of hydrogen-bond donors (Lipinski definition) is 1. The van der Waals surface area contributed by atoms with Crippen molar-refractivity contribution in [3.8, 4) is 0 Å². The molecule has 0 saturated carbocycles. The summed E-state index contributed by atoms with van der Waals surface area (Å²) in [6.07, 6.45) is 1.57. The molecule has 0 spiro atoms. The van der Waals surface area contributed by atoms with E-state index in [0.29, 0.717) is 12.1 Å². The topological polar surface area (TPSA) is 75.2 Å². The zero-order chi connectivity index (χ0) is 21.8. The minimum atomic E-state index is -0.164. The number of likely N-dealkylation sites (N-methyl/N-ethyl adjacent to an activating group) is 1. The second-order valence-corrected chi connectivity index (χ2v) is 9.52. The number of carbonyl (C=O) groups excluding carboxylic acids is 2. The highest BCUT2D eigenvalue weighted by molar-refractivity contribution is 7.99. The summed E-state index contributed by atoms with van der Waals surface area (Å²) >= 11 is 3.11. The SMILES string of the molecule is CCN(CC(=O)NC(C)C)C(=O)c1ccccc1Sc1ncnc2sc(C)c(C)c12. The fourth-order valence-electron chi connectivity index (χ4n) is 3.10. The van der Waals surface area contributed by atoms with E-state index in [1.165, 1.54) is 22.2 Å². The maximum atomic E-state index is 13.2. The summed E-state index contributed by atoms with van der Waals surface area (Å²) in [4.78, 5) is 38.9. The smallest absolute Gasteiger partial charge is 0.255 e. The Kier molecular flexibility index (Phi) is 7.10. The van der Waals surface area contributed by atoms with E-state index in [9.17, 15) is 9.59 Å². The van der Waals surface area contributed by atoms with Crippen molar-refractivity contribution in [3.63, 3.8) is 0 Å². The van der Waals surface area contributed by atoms with Gasteiger partial charge in [0.2, 0.25) is 5.91 Å². The summed E-state index contributed by atoms with van der Waals surface area (Å²) in [7, 11) is 0. The summed E-state index contributed by atoms with van der Waals surface area (Å²) in [5.74, 6) is -0.324. The molecular formula is C22H26N4O2S2. The van der Waals surface area contributed by atoms with Crippen molar-refractivity contribution in [3.05, 3.63) is 46.6 Å². The Bertz CT molecular complexity index is 1080. The Morgan fingerprint density at radius 3 is 2.63 bits per heavy atom. The number of aryl methyl sites for hydroxylation is 2. The van der Waals surface area contributed by atoms with Crippen molar-refractivity contribution in [1.29, 1.82) is 0 Å². The number of amides is 2. The Labute approximate surface area is 185 Å². The van der Waals surface area contributed by atoms with Gasteiger partial charge in [0.15, 0.2) is 0 Å². The molecule has 1 aromatic carbocycles. The first-order valence-electron chi connectivity index (χ1n) is 9.88. The third-order valence-electron chi connectivity index (χ3n) is 4.71. The molecular weight excluding hydrogens is 416 g/mol. The standard InChI is InChI=1S/C22H26N4O2S2/c1-6-26(11-18(27)25-13(2)3)22(28)16-9-7-8-10-17(16)30-21-19-14(4)15(5)29-20(19)23-12-24-21/h7-10,12-13H,6,11H2,1-5H3,(H,25,27). The van der Waals surface area contributed by atoms with Crippen LogP contribution < -0.4 is 5.32 Å². The van der Waals surface area contributed by atoms with Gasteiger partial charge in [-0.2, -0.15) is 0 Å². The minimum Gasteiger partial charge on any atom is -0.352 e. The van der Waals surface area contributed by atoms with E-state index < -0.39 is 0 Å². The largest absolute Gasteiger partial charge is 0.352 e. The quantitative estimate of drug-likeness (QED) is 0.547. The fraction of sp³-hybridized carbons (Fsp3) is 0.364. The molecule has 1 N–H and O–H groups in total. The van der Waals surface area contributed by atoms with Crippen LogP contribution in [0.15, 0.2) is 40.5 Å². The third kappa shape index (κ3) is 4.82. The van der Waals surface area contributed by atoms with Crippen LogP contribution in [0.25, 0.3) is 10.2 Å². The first kappa shape index (κ1) is 22.2. The summed E-state index contributed by atoms with van der Waals surface area (Å²) in [5.41, 5.74) is 1.74. The molecule has 6 nitrogen and oxygen atoms in total. The molecule has 0 aliphatic rings. The Balaban J connectivity index is 1.91. The molecule has 2 amide bonds. The maximum Gasteiger partial charge on any atom is 0.255 e. The number of benzene rings is 1. The number of rotatable bonds is 7. The van der Waals surface area contributed by atoms with E-state index in [-0.39, 0.29) is 24.4 Å². The molecule has 0 atom stereocenters. The van der Waals surface area contributed by atoms with Crippen LogP contribution in [0.5, 0.6) is 0 Å². The van der Waals surface area contributed by atoms with Gasteiger partial charge in [-0.05, 0) is 52.3 Å². The average molecular weight is 443 g/mol. The van der Waals surface area contributed by atoms with E-state index in [1.54, 1.807) is 28.6 Å². The highest BCUT2D eigenvalue weighted by atomic mass is 32.2. The van der Waals surface area contributed by atoms with Crippen LogP contribution in [0.3, 0.4) is 0 Å². The van der Waals surface area contributed by atoms with Gasteiger partial charge in [-0.1, -0.05) is 23.9 Å². The summed E-state index contributed by atoms with van der Waals surface area (Å²) in [6.45, 7) is 10.3. The number of thiophene rings is 1. The maximum absolute atomic E-state index is 13.2. The van der Waals surface area contributed by atoms with Gasteiger partial charge in [-0.3, -0.25) is 9.59 Å². The molecule has 0 unspecified atom stereocenters. The van der Waals surface area contributed by atoms with Gasteiger partial charge >= 0.3 is 0 Å². The first-order chi connectivity index (χ1) is 14.3. The minimum absolute atomic E-state index is 0.0339. The molecule has 2 heterocycles. The monoisotopic (exact) mass is 442 g/mol. The van der Waals surface area contributed by atoms with Crippen LogP contribution in [-0.4, -0.2) is 45.8 Å². The number of fused-ring (bicyclic) bond motifs is 1. The van der Waals surface area contributed by atoms with Gasteiger partial charge < -0.3 is 10.2 Å². The van der Waals surface area contributed by atoms with Crippen LogP contribution in [0, 0.1) is 13.8 Å². The Morgan fingerprint density at radius 2 is 1.93 bits per heavy atom. The Morgan fingerprint density at radius 1 is 1.20 bits per heavy atom. The van der Waals surface area contributed by atoms with Crippen LogP contribution in [0.2, 0.25) is 0 Å². The van der Waals surface area contributed by atoms with E-state index in [1.807, 2.05) is 39.0 Å². The lowest BCUT2D eigenvalue weighted by Gasteiger charge is -2.22. The zero-order valence-electron chi connectivity index (χ0n) is 17.9. The molecule has 0 bridgehead atoms. The van der Waals surface area contributed by atoms with Gasteiger partial charge in [0.1, 0.15) is 16.2 Å². The number of hydrogen-bond acceptors (Lipinski definition) is 6. The van der Waals surface area contributed by atoms with Gasteiger partial charge in [-0.25, -0.2) is 9.97 Å². The molecule has 158 valence electrons. The molecule has 0 aliphatic heterocycles. The average Bonchev–Trinajstić information content (AvgIpc) is 3.00. The van der Waals surface area contributed by atoms with E-state index in [2.05, 4.69) is 29.1 Å². The van der Waals surface area contributed by atoms with Crippen molar-refractivity contribution in [2.75, 3.05) is 13.1 Å². The van der Waals surface area contributed by atoms with E-state index >= 15 is 0 Å². The van der Waals surface area contributed by atoms with Crippen LogP contribution in [0.4, 0.5) is 0 Å². The molecule has 0 radical (unpaired) electrons. The van der Waals surface area contributed by atoms with Crippen LogP contribution >= 0.6 is 23.1 Å². The summed E-state index contributed by atoms with van der Waals surface area (Å²) in [5, 5.41) is 4.72. The lowest BCUT2D eigenvalue weighted by Crippen LogP contribution is -2.42. The van der Waals surface area contributed by atoms with Crippen LogP contribution in [-0.2, 0) is 4.79 Å². The van der Waals surface area contributed by atoms with Crippen LogP contribution in [0.1, 0.15) is 41.6 Å². The molecule has 0 saturated heterocycles. The van der Waals surface area contributed by atoms with Crippen molar-refractivity contribution in [2.24, 2.45) is 0 Å². The predicted molar refractivity (Wildman–Crippen MR) is 122 cm³/mol. The molecule has 2 aromatic heterocycles. The normalized spacial score (nSPS) is 11.1. The second kappa shape index (κ2) is 9.57. The molecule has 3 aromatic rings. The van der Waals surface area contributed by atoms with E-state index in [0.717, 1.165) is 20.1 Å². The van der Waals surface area contributed by atoms with Crippen molar-refractivity contribution in [2.45, 2.75) is 50.6 Å². The van der Waals surface area contributed by atoms with Gasteiger partial charge in [0.05, 0.1) is 12.1 Å². The molecule has 0 fully saturated rings. The highest BCUT2D eigenvalue weighted by Crippen LogP contribution is 2.38. The molecule has 8 heteroatoms. The number of carbonyl (C=O) groups is 2. The van der Waals surface area contributed by atoms with Gasteiger partial charge in [-0.15, -0.1) is 11.3 Å². The van der Waals surface area contributed by atoms with Crippen molar-refractivity contribution >= 4 is 45.1 Å². The molecule has 0 aliphatic carbocycles. The lowest BCUT2D eigenvalue weighted by molar-refractivity contribution is -0.122. The zero-order valence-corrected chi connectivity index (χ0v) is 19.5. The number of aromatic nitrogens is 2. The number of nitrogens with zero attached hydrogens (tertiary/aromatic N) is 3. The van der Waals surface area contributed by atoms with Crippen molar-refractivity contribution in [1.82, 2.24) is 20.2 Å². The third-order valence-corrected chi connectivity index (χ3v) is 6.90. The lowest BCUT2D eigenvalue weighted by atomic mass is 10.2. The molecule has 3 rings (SSSR count). The predicted octanol–water partition coefficient (Wildman–Crippen LogP) is 4.45. The first-order valence-corrected chi connectivity index (χ1v) is 11.5. The van der Waals surface area contributed by atoms with Gasteiger partial charge in [0.25, 0.3) is 5.91 Å². The molecule has 30 heavy (non-hydrogen) atoms. The van der Waals surface area contributed by atoms with Crippen molar-refractivity contribution < 1.29 is 9.59 Å². The Hall–Kier alpha value is -2.45. The second-order valence-electron chi connectivity index (χ2n) is 7.28. The summed E-state index contributed by atoms with van der Waals surface area (Å²) < 4.78 is 0. The van der Waals surface area contributed by atoms with Gasteiger partial charge in [0, 0.05) is 27.7 Å². The summed E-state index contributed by atoms with van der Waals surface area (Å²) in [6, 6.07) is 7.51.